The van der Waals surface area contributed by atoms with Gasteiger partial charge < -0.3 is 15.4 Å². The van der Waals surface area contributed by atoms with Crippen molar-refractivity contribution < 1.29 is 13.9 Å². The molecule has 0 radical (unpaired) electrons. The van der Waals surface area contributed by atoms with Gasteiger partial charge in [0, 0.05) is 17.6 Å². The molecule has 3 rings (SSSR count). The van der Waals surface area contributed by atoms with Crippen molar-refractivity contribution in [1.29, 1.82) is 5.26 Å². The number of hydrogen-bond donors (Lipinski definition) is 2. The van der Waals surface area contributed by atoms with Crippen molar-refractivity contribution in [1.82, 2.24) is 10.6 Å². The maximum Gasteiger partial charge on any atom is 0.252 e. The number of rotatable bonds is 7. The molecular weight excluding hydrogens is 369 g/mol. The molecular formula is C23H26FN3O2. The first-order valence-electron chi connectivity index (χ1n) is 9.86. The molecule has 29 heavy (non-hydrogen) atoms. The van der Waals surface area contributed by atoms with Crippen molar-refractivity contribution >= 4 is 5.91 Å². The van der Waals surface area contributed by atoms with Gasteiger partial charge >= 0.3 is 0 Å². The van der Waals surface area contributed by atoms with Crippen LogP contribution in [0.1, 0.15) is 59.6 Å². The Morgan fingerprint density at radius 2 is 2.03 bits per heavy atom. The fourth-order valence-corrected chi connectivity index (χ4v) is 3.96. The third-order valence-electron chi connectivity index (χ3n) is 5.57. The van der Waals surface area contributed by atoms with Crippen LogP contribution in [0.4, 0.5) is 4.39 Å². The summed E-state index contributed by atoms with van der Waals surface area (Å²) in [4.78, 5) is 11.9. The molecule has 3 atom stereocenters. The summed E-state index contributed by atoms with van der Waals surface area (Å²) in [6.45, 7) is 2.09. The molecule has 0 bridgehead atoms. The van der Waals surface area contributed by atoms with E-state index in [1.165, 1.54) is 18.7 Å². The van der Waals surface area contributed by atoms with Crippen LogP contribution in [0.15, 0.2) is 42.5 Å². The first-order valence-corrected chi connectivity index (χ1v) is 9.86. The molecule has 2 N–H and O–H groups in total. The second-order valence-corrected chi connectivity index (χ2v) is 7.45. The maximum atomic E-state index is 13.6. The standard InChI is InChI=1S/C23H26FN3O2/c1-15(18-8-10-21(24)22(14-18)29-2)27-20-9-7-19(13-20)16-3-5-17(6-4-16)23(28)26-12-11-25/h3-6,8,10,14-15,19-20,27H,7,9,12-13H2,1-2H3,(H,26,28)/t15-,19+,20?/m1/s1. The van der Waals surface area contributed by atoms with Gasteiger partial charge in [0.15, 0.2) is 11.6 Å². The summed E-state index contributed by atoms with van der Waals surface area (Å²) < 4.78 is 18.7. The Morgan fingerprint density at radius 3 is 2.72 bits per heavy atom. The fourth-order valence-electron chi connectivity index (χ4n) is 3.96. The quantitative estimate of drug-likeness (QED) is 0.693. The molecule has 0 aliphatic heterocycles. The summed E-state index contributed by atoms with van der Waals surface area (Å²) in [5.74, 6) is 0.125. The minimum atomic E-state index is -0.353. The molecule has 5 nitrogen and oxygen atoms in total. The third kappa shape index (κ3) is 5.12. The monoisotopic (exact) mass is 395 g/mol. The average molecular weight is 395 g/mol. The SMILES string of the molecule is COc1cc([C@@H](C)NC2CC[C@H](c3ccc(C(=O)NCC#N)cc3)C2)ccc1F. The molecule has 1 unspecified atom stereocenters. The lowest BCUT2D eigenvalue weighted by Crippen LogP contribution is -2.29. The molecule has 0 heterocycles. The first kappa shape index (κ1) is 20.8. The molecule has 6 heteroatoms. The Balaban J connectivity index is 1.57. The molecule has 2 aromatic carbocycles. The van der Waals surface area contributed by atoms with Gasteiger partial charge in [0.25, 0.3) is 5.91 Å². The number of methoxy groups -OCH3 is 1. The number of halogens is 1. The molecule has 0 spiro atoms. The maximum absolute atomic E-state index is 13.6. The molecule has 0 aromatic heterocycles. The lowest BCUT2D eigenvalue weighted by Gasteiger charge is -2.21. The first-order chi connectivity index (χ1) is 14.0. The van der Waals surface area contributed by atoms with Crippen LogP contribution in [-0.2, 0) is 0 Å². The van der Waals surface area contributed by atoms with E-state index in [-0.39, 0.29) is 30.1 Å². The Labute approximate surface area is 170 Å². The lowest BCUT2D eigenvalue weighted by atomic mass is 9.96. The highest BCUT2D eigenvalue weighted by atomic mass is 19.1. The smallest absolute Gasteiger partial charge is 0.252 e. The number of nitrogens with zero attached hydrogens (tertiary/aromatic N) is 1. The van der Waals surface area contributed by atoms with Crippen LogP contribution >= 0.6 is 0 Å². The van der Waals surface area contributed by atoms with Gasteiger partial charge in [-0.2, -0.15) is 5.26 Å². The highest BCUT2D eigenvalue weighted by Gasteiger charge is 2.27. The lowest BCUT2D eigenvalue weighted by molar-refractivity contribution is 0.0958. The van der Waals surface area contributed by atoms with Gasteiger partial charge in [-0.1, -0.05) is 18.2 Å². The van der Waals surface area contributed by atoms with Gasteiger partial charge in [0.1, 0.15) is 6.54 Å². The van der Waals surface area contributed by atoms with Gasteiger partial charge in [-0.15, -0.1) is 0 Å². The number of ether oxygens (including phenoxy) is 1. The van der Waals surface area contributed by atoms with E-state index in [0.29, 0.717) is 17.5 Å². The van der Waals surface area contributed by atoms with E-state index in [1.807, 2.05) is 30.3 Å². The topological polar surface area (TPSA) is 74.2 Å². The van der Waals surface area contributed by atoms with E-state index < -0.39 is 0 Å². The number of carbonyl (C=O) groups is 1. The summed E-state index contributed by atoms with van der Waals surface area (Å²) in [5, 5.41) is 14.8. The van der Waals surface area contributed by atoms with Crippen LogP contribution in [-0.4, -0.2) is 25.6 Å². The third-order valence-corrected chi connectivity index (χ3v) is 5.57. The predicted molar refractivity (Wildman–Crippen MR) is 109 cm³/mol. The van der Waals surface area contributed by atoms with Crippen LogP contribution in [0.5, 0.6) is 5.75 Å². The van der Waals surface area contributed by atoms with Crippen molar-refractivity contribution in [2.75, 3.05) is 13.7 Å². The summed E-state index contributed by atoms with van der Waals surface area (Å²) in [6, 6.07) is 15.0. The van der Waals surface area contributed by atoms with Crippen LogP contribution < -0.4 is 15.4 Å². The Morgan fingerprint density at radius 1 is 1.28 bits per heavy atom. The highest BCUT2D eigenvalue weighted by Crippen LogP contribution is 2.35. The predicted octanol–water partition coefficient (Wildman–Crippen LogP) is 4.07. The number of benzene rings is 2. The molecule has 2 aromatic rings. The minimum absolute atomic E-state index is 0.00860. The molecule has 1 aliphatic rings. The zero-order chi connectivity index (χ0) is 20.8. The van der Waals surface area contributed by atoms with Gasteiger partial charge in [-0.05, 0) is 67.5 Å². The zero-order valence-corrected chi connectivity index (χ0v) is 16.7. The number of nitrogens with one attached hydrogen (secondary N) is 2. The van der Waals surface area contributed by atoms with Crippen molar-refractivity contribution in [3.05, 3.63) is 65.0 Å². The van der Waals surface area contributed by atoms with Gasteiger partial charge in [-0.25, -0.2) is 4.39 Å². The van der Waals surface area contributed by atoms with E-state index in [1.54, 1.807) is 12.1 Å². The summed E-state index contributed by atoms with van der Waals surface area (Å²) in [6.07, 6.45) is 3.16. The second kappa shape index (κ2) is 9.53. The van der Waals surface area contributed by atoms with Crippen molar-refractivity contribution in [2.45, 2.75) is 44.2 Å². The summed E-state index contributed by atoms with van der Waals surface area (Å²) >= 11 is 0. The van der Waals surface area contributed by atoms with E-state index in [0.717, 1.165) is 24.8 Å². The number of amides is 1. The second-order valence-electron chi connectivity index (χ2n) is 7.45. The molecule has 152 valence electrons. The normalized spacial score (nSPS) is 19.4. The number of carbonyl (C=O) groups excluding carboxylic acids is 1. The van der Waals surface area contributed by atoms with Gasteiger partial charge in [-0.3, -0.25) is 4.79 Å². The van der Waals surface area contributed by atoms with Crippen LogP contribution in [0.2, 0.25) is 0 Å². The van der Waals surface area contributed by atoms with Crippen molar-refractivity contribution in [3.63, 3.8) is 0 Å². The Hall–Kier alpha value is -2.91. The molecule has 1 amide bonds. The van der Waals surface area contributed by atoms with E-state index >= 15 is 0 Å². The van der Waals surface area contributed by atoms with Crippen molar-refractivity contribution in [3.8, 4) is 11.8 Å². The minimum Gasteiger partial charge on any atom is -0.494 e. The van der Waals surface area contributed by atoms with Crippen LogP contribution in [0.3, 0.4) is 0 Å². The van der Waals surface area contributed by atoms with Gasteiger partial charge in [0.2, 0.25) is 0 Å². The molecule has 1 fully saturated rings. The molecule has 1 aliphatic carbocycles. The fraction of sp³-hybridized carbons (Fsp3) is 0.391. The average Bonchev–Trinajstić information content (AvgIpc) is 3.20. The van der Waals surface area contributed by atoms with Gasteiger partial charge in [0.05, 0.1) is 13.2 Å². The summed E-state index contributed by atoms with van der Waals surface area (Å²) in [5.41, 5.74) is 2.79. The molecule has 0 saturated heterocycles. The van der Waals surface area contributed by atoms with E-state index in [4.69, 9.17) is 10.00 Å². The van der Waals surface area contributed by atoms with Crippen LogP contribution in [0, 0.1) is 17.1 Å². The Kier molecular flexibility index (Phi) is 6.84. The van der Waals surface area contributed by atoms with Crippen LogP contribution in [0.25, 0.3) is 0 Å². The van der Waals surface area contributed by atoms with Crippen molar-refractivity contribution in [2.24, 2.45) is 0 Å². The molecule has 1 saturated carbocycles. The zero-order valence-electron chi connectivity index (χ0n) is 16.7. The summed E-state index contributed by atoms with van der Waals surface area (Å²) in [7, 11) is 1.47. The highest BCUT2D eigenvalue weighted by molar-refractivity contribution is 5.94. The number of nitriles is 1. The number of hydrogen-bond acceptors (Lipinski definition) is 4. The van der Waals surface area contributed by atoms with E-state index in [2.05, 4.69) is 17.6 Å². The van der Waals surface area contributed by atoms with E-state index in [9.17, 15) is 9.18 Å². The Bertz CT molecular complexity index is 892. The largest absolute Gasteiger partial charge is 0.494 e.